The van der Waals surface area contributed by atoms with Gasteiger partial charge < -0.3 is 5.32 Å². The van der Waals surface area contributed by atoms with E-state index in [0.29, 0.717) is 0 Å². The maximum atomic E-state index is 3.98. The van der Waals surface area contributed by atoms with Crippen LogP contribution in [0.4, 0.5) is 0 Å². The Labute approximate surface area is 108 Å². The monoisotopic (exact) mass is 240 g/mol. The predicted octanol–water partition coefficient (Wildman–Crippen LogP) is 3.44. The molecule has 0 aromatic heterocycles. The Bertz CT molecular complexity index is 203. The van der Waals surface area contributed by atoms with Gasteiger partial charge in [-0.2, -0.15) is 0 Å². The van der Waals surface area contributed by atoms with Crippen LogP contribution in [0.15, 0.2) is 12.2 Å². The number of nitrogens with zero attached hydrogens (tertiary/aromatic N) is 1. The van der Waals surface area contributed by atoms with Gasteiger partial charge in [0.2, 0.25) is 0 Å². The third kappa shape index (κ3) is 11.9. The fourth-order valence-corrected chi connectivity index (χ4v) is 1.83. The van der Waals surface area contributed by atoms with Crippen molar-refractivity contribution in [1.29, 1.82) is 0 Å². The zero-order valence-electron chi connectivity index (χ0n) is 12.6. The first-order valence-corrected chi connectivity index (χ1v) is 6.97. The van der Waals surface area contributed by atoms with E-state index in [1.54, 1.807) is 0 Å². The zero-order chi connectivity index (χ0) is 13.3. The minimum atomic E-state index is 0.259. The van der Waals surface area contributed by atoms with Gasteiger partial charge in [0, 0.05) is 12.1 Å². The molecule has 0 aromatic carbocycles. The minimum absolute atomic E-state index is 0.259. The molecule has 0 spiro atoms. The predicted molar refractivity (Wildman–Crippen MR) is 78.5 cm³/mol. The van der Waals surface area contributed by atoms with Crippen molar-refractivity contribution >= 4 is 0 Å². The van der Waals surface area contributed by atoms with E-state index < -0.39 is 0 Å². The molecule has 0 atom stereocenters. The molecule has 17 heavy (non-hydrogen) atoms. The van der Waals surface area contributed by atoms with Crippen molar-refractivity contribution in [3.63, 3.8) is 0 Å². The van der Waals surface area contributed by atoms with Crippen molar-refractivity contribution in [3.8, 4) is 0 Å². The highest BCUT2D eigenvalue weighted by Crippen LogP contribution is 2.03. The van der Waals surface area contributed by atoms with Gasteiger partial charge in [0.15, 0.2) is 0 Å². The van der Waals surface area contributed by atoms with Gasteiger partial charge in [0.1, 0.15) is 0 Å². The van der Waals surface area contributed by atoms with Crippen LogP contribution in [0.5, 0.6) is 0 Å². The first-order chi connectivity index (χ1) is 7.85. The number of rotatable bonds is 9. The molecule has 1 N–H and O–H groups in total. The SMILES string of the molecule is C=C(C)CN(CC)CCCCCNC(C)(C)C. The highest BCUT2D eigenvalue weighted by molar-refractivity contribution is 4.91. The standard InChI is InChI=1S/C15H32N2/c1-7-17(13-14(2)3)12-10-8-9-11-16-15(4,5)6/h16H,2,7-13H2,1,3-6H3. The second kappa shape index (κ2) is 8.71. The summed E-state index contributed by atoms with van der Waals surface area (Å²) in [5, 5.41) is 3.53. The first-order valence-electron chi connectivity index (χ1n) is 6.97. The summed E-state index contributed by atoms with van der Waals surface area (Å²) in [5.41, 5.74) is 1.52. The Morgan fingerprint density at radius 2 is 1.82 bits per heavy atom. The summed E-state index contributed by atoms with van der Waals surface area (Å²) in [6, 6.07) is 0. The maximum absolute atomic E-state index is 3.98. The molecule has 2 nitrogen and oxygen atoms in total. The molecule has 102 valence electrons. The number of unbranched alkanes of at least 4 members (excludes halogenated alkanes) is 2. The summed E-state index contributed by atoms with van der Waals surface area (Å²) in [4.78, 5) is 2.47. The van der Waals surface area contributed by atoms with Crippen LogP contribution >= 0.6 is 0 Å². The molecule has 0 aliphatic rings. The quantitative estimate of drug-likeness (QED) is 0.490. The van der Waals surface area contributed by atoms with E-state index in [0.717, 1.165) is 19.6 Å². The molecule has 0 fully saturated rings. The Morgan fingerprint density at radius 1 is 1.18 bits per heavy atom. The third-order valence-electron chi connectivity index (χ3n) is 2.75. The Kier molecular flexibility index (Phi) is 8.53. The highest BCUT2D eigenvalue weighted by Gasteiger charge is 2.07. The van der Waals surface area contributed by atoms with E-state index in [1.165, 1.54) is 31.4 Å². The lowest BCUT2D eigenvalue weighted by Gasteiger charge is -2.21. The molecular weight excluding hydrogens is 208 g/mol. The lowest BCUT2D eigenvalue weighted by Crippen LogP contribution is -2.36. The number of nitrogens with one attached hydrogen (secondary N) is 1. The molecule has 0 saturated heterocycles. The van der Waals surface area contributed by atoms with Crippen LogP contribution in [-0.2, 0) is 0 Å². The average molecular weight is 240 g/mol. The molecule has 0 aliphatic carbocycles. The molecule has 2 heteroatoms. The molecule has 0 bridgehead atoms. The van der Waals surface area contributed by atoms with Crippen molar-refractivity contribution in [2.24, 2.45) is 0 Å². The molecule has 0 radical (unpaired) electrons. The molecule has 0 aliphatic heterocycles. The van der Waals surface area contributed by atoms with E-state index in [2.05, 4.69) is 51.4 Å². The van der Waals surface area contributed by atoms with Gasteiger partial charge in [-0.15, -0.1) is 0 Å². The van der Waals surface area contributed by atoms with Crippen LogP contribution in [-0.4, -0.2) is 36.6 Å². The second-order valence-electron chi connectivity index (χ2n) is 6.06. The van der Waals surface area contributed by atoms with Gasteiger partial charge >= 0.3 is 0 Å². The molecule has 0 unspecified atom stereocenters. The molecular formula is C15H32N2. The van der Waals surface area contributed by atoms with Crippen LogP contribution in [0.2, 0.25) is 0 Å². The number of hydrogen-bond donors (Lipinski definition) is 1. The zero-order valence-corrected chi connectivity index (χ0v) is 12.6. The lowest BCUT2D eigenvalue weighted by atomic mass is 10.1. The highest BCUT2D eigenvalue weighted by atomic mass is 15.1. The molecule has 0 amide bonds. The average Bonchev–Trinajstić information content (AvgIpc) is 2.19. The summed E-state index contributed by atoms with van der Waals surface area (Å²) in [6.45, 7) is 19.5. The molecule has 0 heterocycles. The molecule has 0 aromatic rings. The van der Waals surface area contributed by atoms with E-state index >= 15 is 0 Å². The van der Waals surface area contributed by atoms with E-state index in [4.69, 9.17) is 0 Å². The van der Waals surface area contributed by atoms with Crippen LogP contribution in [0.25, 0.3) is 0 Å². The van der Waals surface area contributed by atoms with Gasteiger partial charge in [-0.05, 0) is 60.2 Å². The summed E-state index contributed by atoms with van der Waals surface area (Å²) >= 11 is 0. The van der Waals surface area contributed by atoms with E-state index in [1.807, 2.05) is 0 Å². The van der Waals surface area contributed by atoms with Gasteiger partial charge in [-0.25, -0.2) is 0 Å². The van der Waals surface area contributed by atoms with Crippen molar-refractivity contribution in [2.45, 2.75) is 59.4 Å². The van der Waals surface area contributed by atoms with Crippen LogP contribution in [0, 0.1) is 0 Å². The normalized spacial score (nSPS) is 12.1. The summed E-state index contributed by atoms with van der Waals surface area (Å²) in [7, 11) is 0. The maximum Gasteiger partial charge on any atom is 0.0187 e. The van der Waals surface area contributed by atoms with Gasteiger partial charge in [-0.1, -0.05) is 25.5 Å². The fraction of sp³-hybridized carbons (Fsp3) is 0.867. The van der Waals surface area contributed by atoms with Crippen molar-refractivity contribution < 1.29 is 0 Å². The van der Waals surface area contributed by atoms with Crippen LogP contribution in [0.3, 0.4) is 0 Å². The van der Waals surface area contributed by atoms with Crippen LogP contribution < -0.4 is 5.32 Å². The Balaban J connectivity index is 3.46. The van der Waals surface area contributed by atoms with Gasteiger partial charge in [0.05, 0.1) is 0 Å². The topological polar surface area (TPSA) is 15.3 Å². The number of hydrogen-bond acceptors (Lipinski definition) is 2. The van der Waals surface area contributed by atoms with Crippen molar-refractivity contribution in [2.75, 3.05) is 26.2 Å². The largest absolute Gasteiger partial charge is 0.312 e. The minimum Gasteiger partial charge on any atom is -0.312 e. The Morgan fingerprint density at radius 3 is 2.29 bits per heavy atom. The van der Waals surface area contributed by atoms with E-state index in [-0.39, 0.29) is 5.54 Å². The first kappa shape index (κ1) is 16.7. The summed E-state index contributed by atoms with van der Waals surface area (Å²) < 4.78 is 0. The van der Waals surface area contributed by atoms with Crippen LogP contribution in [0.1, 0.15) is 53.9 Å². The molecule has 0 rings (SSSR count). The van der Waals surface area contributed by atoms with Gasteiger partial charge in [-0.3, -0.25) is 4.90 Å². The third-order valence-corrected chi connectivity index (χ3v) is 2.75. The lowest BCUT2D eigenvalue weighted by molar-refractivity contribution is 0.302. The van der Waals surface area contributed by atoms with E-state index in [9.17, 15) is 0 Å². The van der Waals surface area contributed by atoms with Crippen molar-refractivity contribution in [1.82, 2.24) is 10.2 Å². The Hall–Kier alpha value is -0.340. The smallest absolute Gasteiger partial charge is 0.0187 e. The second-order valence-corrected chi connectivity index (χ2v) is 6.06. The summed E-state index contributed by atoms with van der Waals surface area (Å²) in [5.74, 6) is 0. The van der Waals surface area contributed by atoms with Crippen molar-refractivity contribution in [3.05, 3.63) is 12.2 Å². The van der Waals surface area contributed by atoms with Gasteiger partial charge in [0.25, 0.3) is 0 Å². The molecule has 0 saturated carbocycles. The number of likely N-dealkylation sites (N-methyl/N-ethyl adjacent to an activating group) is 1. The summed E-state index contributed by atoms with van der Waals surface area (Å²) in [6.07, 6.45) is 3.89. The fourth-order valence-electron chi connectivity index (χ4n) is 1.83.